The second kappa shape index (κ2) is 9.36. The number of hydrogen-bond acceptors (Lipinski definition) is 7. The first-order chi connectivity index (χ1) is 14.3. The molecule has 7 heteroatoms. The Morgan fingerprint density at radius 1 is 1.07 bits per heavy atom. The molecule has 1 atom stereocenters. The predicted molar refractivity (Wildman–Crippen MR) is 114 cm³/mol. The van der Waals surface area contributed by atoms with Gasteiger partial charge in [-0.1, -0.05) is 25.9 Å². The first-order valence-corrected chi connectivity index (χ1v) is 10.2. The number of nitrogens with zero attached hydrogens (tertiary/aromatic N) is 3. The minimum atomic E-state index is -0.909. The van der Waals surface area contributed by atoms with Gasteiger partial charge in [-0.3, -0.25) is 4.98 Å². The first-order valence-electron chi connectivity index (χ1n) is 10.2. The largest absolute Gasteiger partial charge is 0.490 e. The van der Waals surface area contributed by atoms with E-state index in [0.29, 0.717) is 23.4 Å². The maximum atomic E-state index is 9.58. The molecule has 0 fully saturated rings. The summed E-state index contributed by atoms with van der Waals surface area (Å²) in [6, 6.07) is 7.84. The van der Waals surface area contributed by atoms with Crippen LogP contribution in [0.4, 0.5) is 0 Å². The van der Waals surface area contributed by atoms with E-state index in [1.54, 1.807) is 0 Å². The van der Waals surface area contributed by atoms with E-state index in [9.17, 15) is 5.11 Å². The number of aliphatic hydroxyl groups is 2. The Labute approximate surface area is 176 Å². The Kier molecular flexibility index (Phi) is 6.84. The number of ether oxygens (including phenoxy) is 1. The van der Waals surface area contributed by atoms with Crippen molar-refractivity contribution in [2.75, 3.05) is 13.2 Å². The summed E-state index contributed by atoms with van der Waals surface area (Å²) in [5.74, 6) is 1.98. The van der Waals surface area contributed by atoms with Gasteiger partial charge in [-0.2, -0.15) is 4.98 Å². The van der Waals surface area contributed by atoms with Gasteiger partial charge in [0.15, 0.2) is 0 Å². The van der Waals surface area contributed by atoms with Crippen LogP contribution in [0.1, 0.15) is 49.2 Å². The minimum Gasteiger partial charge on any atom is -0.490 e. The van der Waals surface area contributed by atoms with Crippen LogP contribution in [-0.2, 0) is 6.42 Å². The molecule has 2 N–H and O–H groups in total. The topological polar surface area (TPSA) is 102 Å². The zero-order chi connectivity index (χ0) is 21.8. The molecular weight excluding hydrogens is 382 g/mol. The van der Waals surface area contributed by atoms with Crippen molar-refractivity contribution < 1.29 is 19.5 Å². The van der Waals surface area contributed by atoms with Crippen molar-refractivity contribution in [1.82, 2.24) is 15.1 Å². The highest BCUT2D eigenvalue weighted by molar-refractivity contribution is 5.64. The van der Waals surface area contributed by atoms with Crippen LogP contribution in [0.2, 0.25) is 0 Å². The number of aryl methyl sites for hydroxylation is 3. The summed E-state index contributed by atoms with van der Waals surface area (Å²) in [5, 5.41) is 22.8. The van der Waals surface area contributed by atoms with Gasteiger partial charge < -0.3 is 19.5 Å². The van der Waals surface area contributed by atoms with Crippen molar-refractivity contribution in [3.63, 3.8) is 0 Å². The normalized spacial score (nSPS) is 12.4. The van der Waals surface area contributed by atoms with Gasteiger partial charge in [-0.05, 0) is 61.6 Å². The number of aromatic nitrogens is 3. The molecule has 0 saturated carbocycles. The Bertz CT molecular complexity index is 1010. The molecule has 0 aliphatic rings. The van der Waals surface area contributed by atoms with Gasteiger partial charge in [0.2, 0.25) is 5.82 Å². The van der Waals surface area contributed by atoms with Gasteiger partial charge in [-0.15, -0.1) is 0 Å². The third kappa shape index (κ3) is 4.86. The Hall–Kier alpha value is -2.77. The molecule has 30 heavy (non-hydrogen) atoms. The van der Waals surface area contributed by atoms with E-state index in [1.807, 2.05) is 45.0 Å². The monoisotopic (exact) mass is 411 g/mol. The minimum absolute atomic E-state index is 0.0373. The van der Waals surface area contributed by atoms with Crippen LogP contribution in [0.25, 0.3) is 22.8 Å². The number of rotatable bonds is 8. The van der Waals surface area contributed by atoms with Crippen molar-refractivity contribution in [2.45, 2.75) is 53.1 Å². The number of hydrogen-bond donors (Lipinski definition) is 2. The Morgan fingerprint density at radius 2 is 1.83 bits per heavy atom. The lowest BCUT2D eigenvalue weighted by Crippen LogP contribution is -2.22. The molecule has 2 aromatic heterocycles. The summed E-state index contributed by atoms with van der Waals surface area (Å²) >= 11 is 0. The molecule has 2 heterocycles. The molecule has 1 aromatic carbocycles. The van der Waals surface area contributed by atoms with Gasteiger partial charge in [-0.25, -0.2) is 0 Å². The van der Waals surface area contributed by atoms with Gasteiger partial charge >= 0.3 is 0 Å². The van der Waals surface area contributed by atoms with Gasteiger partial charge in [0.25, 0.3) is 5.89 Å². The zero-order valence-electron chi connectivity index (χ0n) is 18.1. The summed E-state index contributed by atoms with van der Waals surface area (Å²) < 4.78 is 11.3. The fourth-order valence-electron chi connectivity index (χ4n) is 3.25. The van der Waals surface area contributed by atoms with Gasteiger partial charge in [0.1, 0.15) is 18.5 Å². The van der Waals surface area contributed by atoms with Crippen LogP contribution in [0.3, 0.4) is 0 Å². The summed E-state index contributed by atoms with van der Waals surface area (Å²) in [5.41, 5.74) is 5.47. The fourth-order valence-corrected chi connectivity index (χ4v) is 3.25. The third-order valence-corrected chi connectivity index (χ3v) is 4.86. The zero-order valence-corrected chi connectivity index (χ0v) is 18.1. The molecule has 3 aromatic rings. The number of pyridine rings is 1. The van der Waals surface area contributed by atoms with E-state index in [2.05, 4.69) is 29.0 Å². The summed E-state index contributed by atoms with van der Waals surface area (Å²) in [7, 11) is 0. The van der Waals surface area contributed by atoms with Crippen LogP contribution in [0.15, 0.2) is 28.8 Å². The van der Waals surface area contributed by atoms with Crippen molar-refractivity contribution >= 4 is 0 Å². The molecule has 160 valence electrons. The second-order valence-electron chi connectivity index (χ2n) is 7.78. The van der Waals surface area contributed by atoms with Crippen molar-refractivity contribution in [3.05, 3.63) is 46.8 Å². The lowest BCUT2D eigenvalue weighted by atomic mass is 10.0. The molecule has 0 bridgehead atoms. The molecule has 0 saturated heterocycles. The average molecular weight is 412 g/mol. The van der Waals surface area contributed by atoms with Crippen LogP contribution in [0, 0.1) is 13.8 Å². The van der Waals surface area contributed by atoms with E-state index in [1.165, 1.54) is 0 Å². The van der Waals surface area contributed by atoms with E-state index in [4.69, 9.17) is 14.4 Å². The van der Waals surface area contributed by atoms with E-state index in [0.717, 1.165) is 40.1 Å². The molecule has 3 rings (SSSR count). The molecule has 0 aliphatic heterocycles. The molecule has 0 amide bonds. The maximum Gasteiger partial charge on any atom is 0.258 e. The van der Waals surface area contributed by atoms with Gasteiger partial charge in [0.05, 0.1) is 6.61 Å². The summed E-state index contributed by atoms with van der Waals surface area (Å²) in [6.45, 7) is 9.82. The predicted octanol–water partition coefficient (Wildman–Crippen LogP) is 3.83. The standard InChI is InChI=1S/C23H29N3O4/c1-6-16-9-17(7-14(4)21(16)29-12-19(28)11-27)22-25-23(30-26-22)18-8-15(5)24-20(10-18)13(2)3/h7-10,13,19,27-28H,6,11-12H2,1-5H3/t19-/m0/s1. The average Bonchev–Trinajstić information content (AvgIpc) is 3.22. The Balaban J connectivity index is 1.93. The smallest absolute Gasteiger partial charge is 0.258 e. The molecule has 7 nitrogen and oxygen atoms in total. The molecule has 0 aliphatic carbocycles. The van der Waals surface area contributed by atoms with Crippen LogP contribution < -0.4 is 4.74 Å². The summed E-state index contributed by atoms with van der Waals surface area (Å²) in [6.07, 6.45) is -0.168. The quantitative estimate of drug-likeness (QED) is 0.581. The van der Waals surface area contributed by atoms with E-state index >= 15 is 0 Å². The lowest BCUT2D eigenvalue weighted by Gasteiger charge is -2.16. The molecular formula is C23H29N3O4. The highest BCUT2D eigenvalue weighted by atomic mass is 16.5. The van der Waals surface area contributed by atoms with Crippen molar-refractivity contribution in [2.24, 2.45) is 0 Å². The Morgan fingerprint density at radius 3 is 2.50 bits per heavy atom. The number of aliphatic hydroxyl groups excluding tert-OH is 2. The highest BCUT2D eigenvalue weighted by Crippen LogP contribution is 2.31. The SMILES string of the molecule is CCc1cc(-c2noc(-c3cc(C)nc(C(C)C)c3)n2)cc(C)c1OC[C@@H](O)CO. The van der Waals surface area contributed by atoms with Crippen LogP contribution in [0.5, 0.6) is 5.75 Å². The van der Waals surface area contributed by atoms with Gasteiger partial charge in [0, 0.05) is 22.5 Å². The molecule has 0 spiro atoms. The maximum absolute atomic E-state index is 9.58. The van der Waals surface area contributed by atoms with Crippen LogP contribution >= 0.6 is 0 Å². The molecule has 0 unspecified atom stereocenters. The second-order valence-corrected chi connectivity index (χ2v) is 7.78. The van der Waals surface area contributed by atoms with Crippen LogP contribution in [-0.4, -0.2) is 44.7 Å². The van der Waals surface area contributed by atoms with E-state index in [-0.39, 0.29) is 13.2 Å². The highest BCUT2D eigenvalue weighted by Gasteiger charge is 2.17. The molecule has 0 radical (unpaired) electrons. The third-order valence-electron chi connectivity index (χ3n) is 4.86. The van der Waals surface area contributed by atoms with E-state index < -0.39 is 6.10 Å². The lowest BCUT2D eigenvalue weighted by molar-refractivity contribution is 0.0531. The first kappa shape index (κ1) is 21.9. The fraction of sp³-hybridized carbons (Fsp3) is 0.435. The number of benzene rings is 1. The van der Waals surface area contributed by atoms with Crippen molar-refractivity contribution in [1.29, 1.82) is 0 Å². The summed E-state index contributed by atoms with van der Waals surface area (Å²) in [4.78, 5) is 9.17. The van der Waals surface area contributed by atoms with Crippen molar-refractivity contribution in [3.8, 4) is 28.6 Å².